The predicted molar refractivity (Wildman–Crippen MR) is 156 cm³/mol. The lowest BCUT2D eigenvalue weighted by Crippen LogP contribution is -2.34. The SMILES string of the molecule is COc1cc(/C(C)=N/NC(=O)C(=O)Nc2c(C)n(C)n(-c3ccccc3)c2=O)ccc1OC(=O)c1ccccc1OC. The van der Waals surface area contributed by atoms with Crippen LogP contribution in [-0.4, -0.2) is 47.1 Å². The molecule has 2 amide bonds. The summed E-state index contributed by atoms with van der Waals surface area (Å²) >= 11 is 0. The van der Waals surface area contributed by atoms with Gasteiger partial charge in [0, 0.05) is 12.6 Å². The average molecular weight is 572 g/mol. The van der Waals surface area contributed by atoms with Crippen LogP contribution in [0.15, 0.2) is 82.7 Å². The Hall–Kier alpha value is -5.65. The third-order valence-electron chi connectivity index (χ3n) is 6.44. The van der Waals surface area contributed by atoms with Crippen LogP contribution < -0.4 is 30.5 Å². The number of anilines is 1. The molecule has 2 N–H and O–H groups in total. The van der Waals surface area contributed by atoms with Crippen molar-refractivity contribution in [2.24, 2.45) is 12.1 Å². The molecule has 12 heteroatoms. The van der Waals surface area contributed by atoms with Gasteiger partial charge in [-0.2, -0.15) is 5.10 Å². The van der Waals surface area contributed by atoms with Crippen molar-refractivity contribution in [1.82, 2.24) is 14.8 Å². The Kier molecular flexibility index (Phi) is 8.86. The summed E-state index contributed by atoms with van der Waals surface area (Å²) in [5.74, 6) is -2.00. The van der Waals surface area contributed by atoms with Crippen molar-refractivity contribution in [3.8, 4) is 22.9 Å². The molecule has 0 bridgehead atoms. The monoisotopic (exact) mass is 571 g/mol. The quantitative estimate of drug-likeness (QED) is 0.109. The van der Waals surface area contributed by atoms with E-state index in [0.29, 0.717) is 28.4 Å². The molecule has 0 atom stereocenters. The van der Waals surface area contributed by atoms with Crippen molar-refractivity contribution < 1.29 is 28.6 Å². The van der Waals surface area contributed by atoms with E-state index in [1.807, 2.05) is 6.07 Å². The van der Waals surface area contributed by atoms with Gasteiger partial charge in [0.05, 0.1) is 31.3 Å². The summed E-state index contributed by atoms with van der Waals surface area (Å²) in [6.07, 6.45) is 0. The number of esters is 1. The summed E-state index contributed by atoms with van der Waals surface area (Å²) < 4.78 is 19.1. The average Bonchev–Trinajstić information content (AvgIpc) is 3.22. The van der Waals surface area contributed by atoms with Gasteiger partial charge in [0.25, 0.3) is 5.56 Å². The minimum atomic E-state index is -1.07. The van der Waals surface area contributed by atoms with Gasteiger partial charge < -0.3 is 19.5 Å². The number of rotatable bonds is 8. The number of benzene rings is 3. The fourth-order valence-corrected chi connectivity index (χ4v) is 4.08. The van der Waals surface area contributed by atoms with Gasteiger partial charge in [0.1, 0.15) is 17.0 Å². The zero-order valence-corrected chi connectivity index (χ0v) is 23.6. The van der Waals surface area contributed by atoms with Crippen LogP contribution in [0.1, 0.15) is 28.5 Å². The van der Waals surface area contributed by atoms with Crippen LogP contribution >= 0.6 is 0 Å². The van der Waals surface area contributed by atoms with E-state index in [4.69, 9.17) is 14.2 Å². The number of methoxy groups -OCH3 is 2. The third kappa shape index (κ3) is 6.07. The summed E-state index contributed by atoms with van der Waals surface area (Å²) in [6, 6.07) is 20.2. The maximum Gasteiger partial charge on any atom is 0.347 e. The van der Waals surface area contributed by atoms with E-state index in [0.717, 1.165) is 0 Å². The second kappa shape index (κ2) is 12.7. The lowest BCUT2D eigenvalue weighted by atomic mass is 10.1. The summed E-state index contributed by atoms with van der Waals surface area (Å²) in [5, 5.41) is 6.38. The number of hydrogen-bond acceptors (Lipinski definition) is 8. The minimum Gasteiger partial charge on any atom is -0.496 e. The first-order valence-electron chi connectivity index (χ1n) is 12.7. The summed E-state index contributed by atoms with van der Waals surface area (Å²) in [7, 11) is 4.54. The molecule has 0 radical (unpaired) electrons. The van der Waals surface area contributed by atoms with Crippen molar-refractivity contribution >= 4 is 29.2 Å². The number of nitrogens with one attached hydrogen (secondary N) is 2. The molecule has 0 spiro atoms. The van der Waals surface area contributed by atoms with Crippen LogP contribution in [0, 0.1) is 6.92 Å². The van der Waals surface area contributed by atoms with Gasteiger partial charge in [0.15, 0.2) is 11.5 Å². The third-order valence-corrected chi connectivity index (χ3v) is 6.44. The lowest BCUT2D eigenvalue weighted by molar-refractivity contribution is -0.136. The van der Waals surface area contributed by atoms with Crippen LogP contribution in [-0.2, 0) is 16.6 Å². The molecule has 0 fully saturated rings. The van der Waals surface area contributed by atoms with Gasteiger partial charge in [-0.1, -0.05) is 30.3 Å². The molecule has 4 rings (SSSR count). The molecular formula is C30H29N5O7. The van der Waals surface area contributed by atoms with Crippen LogP contribution in [0.25, 0.3) is 5.69 Å². The number of nitrogens with zero attached hydrogens (tertiary/aromatic N) is 3. The molecule has 1 aromatic heterocycles. The number of hydrogen-bond donors (Lipinski definition) is 2. The highest BCUT2D eigenvalue weighted by Gasteiger charge is 2.22. The van der Waals surface area contributed by atoms with Gasteiger partial charge >= 0.3 is 17.8 Å². The maximum atomic E-state index is 13.0. The number of carbonyl (C=O) groups is 3. The maximum absolute atomic E-state index is 13.0. The Labute approximate surface area is 241 Å². The number of para-hydroxylation sites is 2. The molecule has 0 aliphatic rings. The normalized spacial score (nSPS) is 11.0. The minimum absolute atomic E-state index is 0.0230. The van der Waals surface area contributed by atoms with Crippen LogP contribution in [0.3, 0.4) is 0 Å². The van der Waals surface area contributed by atoms with Crippen molar-refractivity contribution in [2.45, 2.75) is 13.8 Å². The van der Waals surface area contributed by atoms with Crippen molar-refractivity contribution in [1.29, 1.82) is 0 Å². The number of carbonyl (C=O) groups excluding carboxylic acids is 3. The molecule has 216 valence electrons. The summed E-state index contributed by atoms with van der Waals surface area (Å²) in [4.78, 5) is 50.8. The highest BCUT2D eigenvalue weighted by molar-refractivity contribution is 6.39. The molecule has 1 heterocycles. The number of hydrazone groups is 1. The van der Waals surface area contributed by atoms with E-state index in [2.05, 4.69) is 15.8 Å². The van der Waals surface area contributed by atoms with E-state index in [9.17, 15) is 19.2 Å². The second-order valence-electron chi connectivity index (χ2n) is 8.98. The zero-order valence-electron chi connectivity index (χ0n) is 23.6. The molecule has 0 aliphatic carbocycles. The van der Waals surface area contributed by atoms with E-state index in [1.165, 1.54) is 25.0 Å². The number of ether oxygens (including phenoxy) is 3. The van der Waals surface area contributed by atoms with Crippen molar-refractivity contribution in [2.75, 3.05) is 19.5 Å². The Morgan fingerprint density at radius 3 is 2.19 bits per heavy atom. The van der Waals surface area contributed by atoms with Crippen LogP contribution in [0.2, 0.25) is 0 Å². The predicted octanol–water partition coefficient (Wildman–Crippen LogP) is 3.20. The topological polar surface area (TPSA) is 142 Å². The Balaban J connectivity index is 1.45. The first-order valence-corrected chi connectivity index (χ1v) is 12.7. The van der Waals surface area contributed by atoms with Gasteiger partial charge in [-0.25, -0.2) is 14.9 Å². The highest BCUT2D eigenvalue weighted by Crippen LogP contribution is 2.30. The van der Waals surface area contributed by atoms with Crippen molar-refractivity contribution in [3.63, 3.8) is 0 Å². The molecule has 42 heavy (non-hydrogen) atoms. The Morgan fingerprint density at radius 1 is 0.833 bits per heavy atom. The number of amides is 2. The largest absolute Gasteiger partial charge is 0.496 e. The Morgan fingerprint density at radius 2 is 1.50 bits per heavy atom. The van der Waals surface area contributed by atoms with Crippen LogP contribution in [0.5, 0.6) is 17.2 Å². The first-order chi connectivity index (χ1) is 20.2. The van der Waals surface area contributed by atoms with Gasteiger partial charge in [-0.3, -0.25) is 19.1 Å². The molecule has 0 saturated heterocycles. The van der Waals surface area contributed by atoms with Gasteiger partial charge in [-0.05, 0) is 56.3 Å². The second-order valence-corrected chi connectivity index (χ2v) is 8.98. The van der Waals surface area contributed by atoms with E-state index in [1.54, 1.807) is 86.2 Å². The summed E-state index contributed by atoms with van der Waals surface area (Å²) in [6.45, 7) is 3.26. The molecule has 0 saturated carbocycles. The van der Waals surface area contributed by atoms with Gasteiger partial charge in [-0.15, -0.1) is 0 Å². The first kappa shape index (κ1) is 29.3. The van der Waals surface area contributed by atoms with Crippen LogP contribution in [0.4, 0.5) is 5.69 Å². The number of aromatic nitrogens is 2. The molecule has 3 aromatic carbocycles. The van der Waals surface area contributed by atoms with E-state index < -0.39 is 23.3 Å². The lowest BCUT2D eigenvalue weighted by Gasteiger charge is -2.12. The molecule has 12 nitrogen and oxygen atoms in total. The Bertz CT molecular complexity index is 1740. The smallest absolute Gasteiger partial charge is 0.347 e. The highest BCUT2D eigenvalue weighted by atomic mass is 16.6. The summed E-state index contributed by atoms with van der Waals surface area (Å²) in [5.41, 5.74) is 3.85. The van der Waals surface area contributed by atoms with E-state index in [-0.39, 0.29) is 22.7 Å². The molecule has 0 aliphatic heterocycles. The van der Waals surface area contributed by atoms with Crippen molar-refractivity contribution in [3.05, 3.63) is 100.0 Å². The standard InChI is InChI=1S/C30H29N5O7/c1-18(20-15-16-24(25(17-20)41-5)42-30(39)22-13-9-10-14-23(22)40-4)32-33-28(37)27(36)31-26-19(2)34(3)35(29(26)38)21-11-7-6-8-12-21/h6-17H,1-5H3,(H,31,36)(H,33,37)/b32-18+. The fourth-order valence-electron chi connectivity index (χ4n) is 4.08. The zero-order chi connectivity index (χ0) is 30.4. The molecule has 4 aromatic rings. The molecular weight excluding hydrogens is 542 g/mol. The molecule has 0 unspecified atom stereocenters. The van der Waals surface area contributed by atoms with Gasteiger partial charge in [0.2, 0.25) is 0 Å². The fraction of sp³-hybridized carbons (Fsp3) is 0.167. The van der Waals surface area contributed by atoms with E-state index >= 15 is 0 Å².